The van der Waals surface area contributed by atoms with Gasteiger partial charge in [-0.3, -0.25) is 9.79 Å². The number of unbranched alkanes of at least 4 members (excludes halogenated alkanes) is 2. The number of hydrogen-bond donors (Lipinski definition) is 0. The van der Waals surface area contributed by atoms with Gasteiger partial charge < -0.3 is 14.4 Å². The summed E-state index contributed by atoms with van der Waals surface area (Å²) in [5, 5.41) is 0. The van der Waals surface area contributed by atoms with Crippen LogP contribution in [0.25, 0.3) is 0 Å². The molecule has 1 aromatic carbocycles. The number of anilines is 1. The zero-order chi connectivity index (χ0) is 21.2. The van der Waals surface area contributed by atoms with E-state index in [1.807, 2.05) is 42.1 Å². The lowest BCUT2D eigenvalue weighted by atomic mass is 10.1. The molecule has 1 aliphatic heterocycles. The van der Waals surface area contributed by atoms with Crippen LogP contribution in [0, 0.1) is 13.8 Å². The van der Waals surface area contributed by atoms with Crippen molar-refractivity contribution in [2.24, 2.45) is 4.99 Å². The third-order valence-corrected chi connectivity index (χ3v) is 5.46. The van der Waals surface area contributed by atoms with Crippen LogP contribution in [0.2, 0.25) is 0 Å². The molecule has 0 atom stereocenters. The number of aliphatic imine (C=N–C) groups is 1. The Hall–Kier alpha value is -2.89. The van der Waals surface area contributed by atoms with E-state index in [4.69, 9.17) is 0 Å². The highest BCUT2D eigenvalue weighted by Gasteiger charge is 2.19. The van der Waals surface area contributed by atoms with Gasteiger partial charge in [-0.15, -0.1) is 0 Å². The van der Waals surface area contributed by atoms with Crippen molar-refractivity contribution in [1.29, 1.82) is 0 Å². The number of hydrogen-bond acceptors (Lipinski definition) is 4. The maximum absolute atomic E-state index is 13.2. The minimum Gasteiger partial charge on any atom is -0.358 e. The number of para-hydroxylation sites is 1. The van der Waals surface area contributed by atoms with E-state index in [9.17, 15) is 4.79 Å². The SMILES string of the molecule is Cc1cccc(C)c1N(CCCCCn1ccnc1)C(=O)CCCN1C=CC=NC1. The number of aryl methyl sites for hydroxylation is 3. The molecule has 2 aromatic rings. The standard InChI is InChI=1S/C24H33N5O/c1-21-9-6-10-22(2)24(21)29(17-5-3-4-14-28-18-13-26-20-28)23(30)11-7-15-27-16-8-12-25-19-27/h6,8-10,12-13,16,18,20H,3-5,7,11,14-15,17,19H2,1-2H3. The average molecular weight is 408 g/mol. The second-order valence-corrected chi connectivity index (χ2v) is 7.88. The monoisotopic (exact) mass is 407 g/mol. The molecule has 30 heavy (non-hydrogen) atoms. The van der Waals surface area contributed by atoms with Gasteiger partial charge in [0.2, 0.25) is 5.91 Å². The Morgan fingerprint density at radius 2 is 1.93 bits per heavy atom. The number of amides is 1. The topological polar surface area (TPSA) is 53.7 Å². The largest absolute Gasteiger partial charge is 0.358 e. The lowest BCUT2D eigenvalue weighted by molar-refractivity contribution is -0.118. The fraction of sp³-hybridized carbons (Fsp3) is 0.458. The zero-order valence-corrected chi connectivity index (χ0v) is 18.2. The normalized spacial score (nSPS) is 13.1. The van der Waals surface area contributed by atoms with E-state index in [1.165, 1.54) is 0 Å². The van der Waals surface area contributed by atoms with Gasteiger partial charge in [0, 0.05) is 56.6 Å². The molecule has 0 spiro atoms. The Balaban J connectivity index is 1.55. The molecule has 0 radical (unpaired) electrons. The van der Waals surface area contributed by atoms with E-state index < -0.39 is 0 Å². The minimum absolute atomic E-state index is 0.214. The highest BCUT2D eigenvalue weighted by molar-refractivity contribution is 5.94. The molecule has 0 fully saturated rings. The number of benzene rings is 1. The average Bonchev–Trinajstić information content (AvgIpc) is 3.26. The number of imidazole rings is 1. The van der Waals surface area contributed by atoms with Gasteiger partial charge in [-0.2, -0.15) is 0 Å². The molecule has 160 valence electrons. The fourth-order valence-corrected chi connectivity index (χ4v) is 3.89. The van der Waals surface area contributed by atoms with Crippen LogP contribution in [0.15, 0.2) is 54.2 Å². The molecule has 1 amide bonds. The Labute approximate surface area is 179 Å². The van der Waals surface area contributed by atoms with Gasteiger partial charge >= 0.3 is 0 Å². The molecule has 0 aliphatic carbocycles. The minimum atomic E-state index is 0.214. The van der Waals surface area contributed by atoms with Gasteiger partial charge in [0.1, 0.15) is 6.67 Å². The third-order valence-electron chi connectivity index (χ3n) is 5.46. The molecule has 0 saturated heterocycles. The van der Waals surface area contributed by atoms with Crippen LogP contribution < -0.4 is 4.90 Å². The van der Waals surface area contributed by atoms with E-state index in [2.05, 4.69) is 51.5 Å². The van der Waals surface area contributed by atoms with E-state index in [0.29, 0.717) is 13.1 Å². The van der Waals surface area contributed by atoms with Gasteiger partial charge in [-0.1, -0.05) is 18.2 Å². The Morgan fingerprint density at radius 3 is 2.63 bits per heavy atom. The van der Waals surface area contributed by atoms with Gasteiger partial charge in [-0.05, 0) is 56.7 Å². The molecular weight excluding hydrogens is 374 g/mol. The van der Waals surface area contributed by atoms with Crippen LogP contribution >= 0.6 is 0 Å². The smallest absolute Gasteiger partial charge is 0.227 e. The van der Waals surface area contributed by atoms with Crippen molar-refractivity contribution < 1.29 is 4.79 Å². The number of carbonyl (C=O) groups excluding carboxylic acids is 1. The first kappa shape index (κ1) is 21.8. The number of allylic oxidation sites excluding steroid dienone is 1. The van der Waals surface area contributed by atoms with E-state index in [1.54, 1.807) is 0 Å². The summed E-state index contributed by atoms with van der Waals surface area (Å²) in [5.41, 5.74) is 3.41. The van der Waals surface area contributed by atoms with Crippen molar-refractivity contribution in [2.45, 2.75) is 52.5 Å². The number of rotatable bonds is 11. The highest BCUT2D eigenvalue weighted by atomic mass is 16.2. The molecule has 6 heteroatoms. The van der Waals surface area contributed by atoms with Crippen molar-refractivity contribution in [1.82, 2.24) is 14.5 Å². The van der Waals surface area contributed by atoms with Crippen molar-refractivity contribution in [3.05, 3.63) is 60.3 Å². The molecule has 0 bridgehead atoms. The molecule has 0 N–H and O–H groups in total. The fourth-order valence-electron chi connectivity index (χ4n) is 3.89. The van der Waals surface area contributed by atoms with Crippen LogP contribution in [-0.4, -0.2) is 46.3 Å². The summed E-state index contributed by atoms with van der Waals surface area (Å²) in [6.07, 6.45) is 16.0. The maximum atomic E-state index is 13.2. The zero-order valence-electron chi connectivity index (χ0n) is 18.2. The second-order valence-electron chi connectivity index (χ2n) is 7.88. The van der Waals surface area contributed by atoms with Crippen molar-refractivity contribution in [3.8, 4) is 0 Å². The summed E-state index contributed by atoms with van der Waals surface area (Å²) in [6.45, 7) is 7.47. The quantitative estimate of drug-likeness (QED) is 0.521. The van der Waals surface area contributed by atoms with E-state index >= 15 is 0 Å². The van der Waals surface area contributed by atoms with Crippen LogP contribution in [0.4, 0.5) is 5.69 Å². The Morgan fingerprint density at radius 1 is 1.10 bits per heavy atom. The summed E-state index contributed by atoms with van der Waals surface area (Å²) in [6, 6.07) is 6.25. The Bertz CT molecular complexity index is 836. The summed E-state index contributed by atoms with van der Waals surface area (Å²) in [7, 11) is 0. The molecular formula is C24H33N5O. The van der Waals surface area contributed by atoms with Gasteiger partial charge in [0.05, 0.1) is 6.33 Å². The van der Waals surface area contributed by atoms with Crippen molar-refractivity contribution in [2.75, 3.05) is 24.7 Å². The van der Waals surface area contributed by atoms with Gasteiger partial charge in [-0.25, -0.2) is 4.98 Å². The van der Waals surface area contributed by atoms with Crippen molar-refractivity contribution in [3.63, 3.8) is 0 Å². The molecule has 3 rings (SSSR count). The molecule has 1 aromatic heterocycles. The second kappa shape index (κ2) is 11.3. The van der Waals surface area contributed by atoms with Crippen LogP contribution in [0.5, 0.6) is 0 Å². The summed E-state index contributed by atoms with van der Waals surface area (Å²) < 4.78 is 2.10. The van der Waals surface area contributed by atoms with Crippen LogP contribution in [0.3, 0.4) is 0 Å². The molecule has 0 unspecified atom stereocenters. The third kappa shape index (κ3) is 6.31. The number of aromatic nitrogens is 2. The highest BCUT2D eigenvalue weighted by Crippen LogP contribution is 2.26. The number of nitrogens with zero attached hydrogens (tertiary/aromatic N) is 5. The number of carbonyl (C=O) groups is 1. The summed E-state index contributed by atoms with van der Waals surface area (Å²) in [4.78, 5) is 25.7. The molecule has 0 saturated carbocycles. The van der Waals surface area contributed by atoms with E-state index in [0.717, 1.165) is 62.1 Å². The lowest BCUT2D eigenvalue weighted by Gasteiger charge is -2.27. The van der Waals surface area contributed by atoms with Crippen molar-refractivity contribution >= 4 is 17.8 Å². The van der Waals surface area contributed by atoms with Crippen LogP contribution in [-0.2, 0) is 11.3 Å². The first-order chi connectivity index (χ1) is 14.6. The molecule has 2 heterocycles. The van der Waals surface area contributed by atoms with Gasteiger partial charge in [0.15, 0.2) is 0 Å². The molecule has 1 aliphatic rings. The first-order valence-corrected chi connectivity index (χ1v) is 10.9. The predicted molar refractivity (Wildman–Crippen MR) is 123 cm³/mol. The summed E-state index contributed by atoms with van der Waals surface area (Å²) in [5.74, 6) is 0.214. The Kier molecular flexibility index (Phi) is 8.24. The van der Waals surface area contributed by atoms with Gasteiger partial charge in [0.25, 0.3) is 0 Å². The summed E-state index contributed by atoms with van der Waals surface area (Å²) >= 11 is 0. The maximum Gasteiger partial charge on any atom is 0.227 e. The van der Waals surface area contributed by atoms with E-state index in [-0.39, 0.29) is 5.91 Å². The molecule has 6 nitrogen and oxygen atoms in total. The first-order valence-electron chi connectivity index (χ1n) is 10.9. The predicted octanol–water partition coefficient (Wildman–Crippen LogP) is 4.34. The van der Waals surface area contributed by atoms with Crippen LogP contribution in [0.1, 0.15) is 43.2 Å². The lowest BCUT2D eigenvalue weighted by Crippen LogP contribution is -2.33.